The Morgan fingerprint density at radius 3 is 2.89 bits per heavy atom. The monoisotopic (exact) mass is 266 g/mol. The van der Waals surface area contributed by atoms with E-state index in [-0.39, 0.29) is 11.3 Å². The maximum absolute atomic E-state index is 12.3. The van der Waals surface area contributed by atoms with Crippen LogP contribution in [-0.2, 0) is 17.8 Å². The van der Waals surface area contributed by atoms with Gasteiger partial charge in [-0.15, -0.1) is 11.3 Å². The van der Waals surface area contributed by atoms with Gasteiger partial charge in [0.2, 0.25) is 5.91 Å². The van der Waals surface area contributed by atoms with Crippen LogP contribution in [0, 0.1) is 5.41 Å². The fraction of sp³-hybridized carbons (Fsp3) is 0.643. The molecule has 2 N–H and O–H groups in total. The molecule has 0 saturated carbocycles. The molecule has 1 saturated heterocycles. The highest BCUT2D eigenvalue weighted by Gasteiger charge is 2.34. The maximum Gasteiger partial charge on any atom is 0.226 e. The number of thiophene rings is 1. The van der Waals surface area contributed by atoms with Crippen molar-refractivity contribution in [2.24, 2.45) is 5.41 Å². The molecule has 1 aliphatic heterocycles. The molecule has 2 rings (SSSR count). The fourth-order valence-electron chi connectivity index (χ4n) is 2.42. The van der Waals surface area contributed by atoms with E-state index >= 15 is 0 Å². The Hall–Kier alpha value is -0.870. The molecular formula is C14H22N2OS. The molecule has 4 heteroatoms. The smallest absolute Gasteiger partial charge is 0.226 e. The number of hydrogen-bond donors (Lipinski definition) is 2. The van der Waals surface area contributed by atoms with E-state index in [2.05, 4.69) is 35.9 Å². The summed E-state index contributed by atoms with van der Waals surface area (Å²) in [6.45, 7) is 6.81. The van der Waals surface area contributed by atoms with Gasteiger partial charge in [-0.3, -0.25) is 4.79 Å². The minimum Gasteiger partial charge on any atom is -0.351 e. The van der Waals surface area contributed by atoms with Gasteiger partial charge in [-0.05, 0) is 49.4 Å². The van der Waals surface area contributed by atoms with Crippen LogP contribution in [-0.4, -0.2) is 19.0 Å². The lowest BCUT2D eigenvalue weighted by Gasteiger charge is -2.32. The molecule has 0 atom stereocenters. The van der Waals surface area contributed by atoms with E-state index in [9.17, 15) is 4.79 Å². The number of aryl methyl sites for hydroxylation is 1. The van der Waals surface area contributed by atoms with Crippen molar-refractivity contribution < 1.29 is 4.79 Å². The van der Waals surface area contributed by atoms with E-state index < -0.39 is 0 Å². The van der Waals surface area contributed by atoms with Gasteiger partial charge in [-0.1, -0.05) is 13.8 Å². The first-order valence-electron chi connectivity index (χ1n) is 6.70. The van der Waals surface area contributed by atoms with Crippen molar-refractivity contribution >= 4 is 17.2 Å². The van der Waals surface area contributed by atoms with E-state index in [0.29, 0.717) is 6.54 Å². The highest BCUT2D eigenvalue weighted by molar-refractivity contribution is 7.10. The second-order valence-corrected chi connectivity index (χ2v) is 6.22. The Balaban J connectivity index is 1.91. The number of piperidine rings is 1. The fourth-order valence-corrected chi connectivity index (χ4v) is 3.33. The van der Waals surface area contributed by atoms with Crippen molar-refractivity contribution in [1.29, 1.82) is 0 Å². The van der Waals surface area contributed by atoms with Gasteiger partial charge in [0.05, 0.1) is 6.54 Å². The molecule has 0 aromatic carbocycles. The first-order chi connectivity index (χ1) is 8.65. The standard InChI is InChI=1S/C14H22N2OS/c1-3-11-4-9-18-12(11)10-16-13(17)14(2)5-7-15-8-6-14/h4,9,15H,3,5-8,10H2,1-2H3,(H,16,17). The summed E-state index contributed by atoms with van der Waals surface area (Å²) in [6, 6.07) is 2.15. The summed E-state index contributed by atoms with van der Waals surface area (Å²) in [5, 5.41) is 8.52. The zero-order valence-corrected chi connectivity index (χ0v) is 12.0. The Labute approximate surface area is 113 Å². The van der Waals surface area contributed by atoms with Gasteiger partial charge in [-0.25, -0.2) is 0 Å². The SMILES string of the molecule is CCc1ccsc1CNC(=O)C1(C)CCNCC1. The molecule has 18 heavy (non-hydrogen) atoms. The normalized spacial score (nSPS) is 18.6. The highest BCUT2D eigenvalue weighted by Crippen LogP contribution is 2.28. The van der Waals surface area contributed by atoms with Crippen LogP contribution in [0.4, 0.5) is 0 Å². The van der Waals surface area contributed by atoms with Gasteiger partial charge in [-0.2, -0.15) is 0 Å². The van der Waals surface area contributed by atoms with E-state index in [1.165, 1.54) is 10.4 Å². The third-order valence-corrected chi connectivity index (χ3v) is 4.85. The van der Waals surface area contributed by atoms with Crippen LogP contribution in [0.1, 0.15) is 37.1 Å². The minimum absolute atomic E-state index is 0.186. The predicted molar refractivity (Wildman–Crippen MR) is 75.8 cm³/mol. The van der Waals surface area contributed by atoms with Crippen molar-refractivity contribution in [3.8, 4) is 0 Å². The van der Waals surface area contributed by atoms with Crippen molar-refractivity contribution in [2.75, 3.05) is 13.1 Å². The molecule has 1 aliphatic rings. The summed E-state index contributed by atoms with van der Waals surface area (Å²) in [5.41, 5.74) is 1.17. The lowest BCUT2D eigenvalue weighted by atomic mass is 9.80. The minimum atomic E-state index is -0.186. The number of carbonyl (C=O) groups is 1. The van der Waals surface area contributed by atoms with E-state index in [0.717, 1.165) is 32.4 Å². The Bertz CT molecular complexity index is 408. The van der Waals surface area contributed by atoms with E-state index in [4.69, 9.17) is 0 Å². The number of amides is 1. The van der Waals surface area contributed by atoms with Gasteiger partial charge in [0.15, 0.2) is 0 Å². The summed E-state index contributed by atoms with van der Waals surface area (Å²) >= 11 is 1.73. The third kappa shape index (κ3) is 2.93. The molecule has 1 amide bonds. The van der Waals surface area contributed by atoms with Crippen LogP contribution >= 0.6 is 11.3 Å². The molecular weight excluding hydrogens is 244 g/mol. The van der Waals surface area contributed by atoms with Crippen LogP contribution in [0.2, 0.25) is 0 Å². The summed E-state index contributed by atoms with van der Waals surface area (Å²) in [6.07, 6.45) is 2.91. The van der Waals surface area contributed by atoms with Gasteiger partial charge in [0, 0.05) is 10.3 Å². The van der Waals surface area contributed by atoms with Crippen molar-refractivity contribution in [3.63, 3.8) is 0 Å². The molecule has 0 spiro atoms. The number of rotatable bonds is 4. The van der Waals surface area contributed by atoms with E-state index in [1.807, 2.05) is 0 Å². The van der Waals surface area contributed by atoms with Crippen molar-refractivity contribution in [2.45, 2.75) is 39.7 Å². The second kappa shape index (κ2) is 5.85. The van der Waals surface area contributed by atoms with Crippen LogP contribution in [0.25, 0.3) is 0 Å². The third-order valence-electron chi connectivity index (χ3n) is 3.88. The van der Waals surface area contributed by atoms with E-state index in [1.54, 1.807) is 11.3 Å². The molecule has 100 valence electrons. The van der Waals surface area contributed by atoms with Crippen LogP contribution in [0.5, 0.6) is 0 Å². The molecule has 3 nitrogen and oxygen atoms in total. The second-order valence-electron chi connectivity index (χ2n) is 5.22. The zero-order chi connectivity index (χ0) is 13.0. The lowest BCUT2D eigenvalue weighted by molar-refractivity contribution is -0.131. The lowest BCUT2D eigenvalue weighted by Crippen LogP contribution is -2.45. The first-order valence-corrected chi connectivity index (χ1v) is 7.58. The largest absolute Gasteiger partial charge is 0.351 e. The van der Waals surface area contributed by atoms with Crippen LogP contribution in [0.15, 0.2) is 11.4 Å². The number of nitrogens with one attached hydrogen (secondary N) is 2. The maximum atomic E-state index is 12.3. The topological polar surface area (TPSA) is 41.1 Å². The first kappa shape index (κ1) is 13.6. The Morgan fingerprint density at radius 2 is 2.22 bits per heavy atom. The highest BCUT2D eigenvalue weighted by atomic mass is 32.1. The average molecular weight is 266 g/mol. The molecule has 0 bridgehead atoms. The molecule has 1 aromatic rings. The Kier molecular flexibility index (Phi) is 4.40. The van der Waals surface area contributed by atoms with Crippen LogP contribution < -0.4 is 10.6 Å². The van der Waals surface area contributed by atoms with Crippen molar-refractivity contribution in [1.82, 2.24) is 10.6 Å². The van der Waals surface area contributed by atoms with Gasteiger partial charge in [0.1, 0.15) is 0 Å². The molecule has 0 unspecified atom stereocenters. The summed E-state index contributed by atoms with van der Waals surface area (Å²) in [5.74, 6) is 0.208. The van der Waals surface area contributed by atoms with Crippen LogP contribution in [0.3, 0.4) is 0 Å². The van der Waals surface area contributed by atoms with Gasteiger partial charge in [0.25, 0.3) is 0 Å². The average Bonchev–Trinajstić information content (AvgIpc) is 2.84. The molecule has 0 aliphatic carbocycles. The summed E-state index contributed by atoms with van der Waals surface area (Å²) < 4.78 is 0. The number of carbonyl (C=O) groups excluding carboxylic acids is 1. The Morgan fingerprint density at radius 1 is 1.50 bits per heavy atom. The van der Waals surface area contributed by atoms with Gasteiger partial charge < -0.3 is 10.6 Å². The molecule has 2 heterocycles. The van der Waals surface area contributed by atoms with Gasteiger partial charge >= 0.3 is 0 Å². The number of hydrogen-bond acceptors (Lipinski definition) is 3. The van der Waals surface area contributed by atoms with Crippen molar-refractivity contribution in [3.05, 3.63) is 21.9 Å². The molecule has 1 aromatic heterocycles. The molecule has 0 radical (unpaired) electrons. The summed E-state index contributed by atoms with van der Waals surface area (Å²) in [7, 11) is 0. The quantitative estimate of drug-likeness (QED) is 0.878. The molecule has 1 fully saturated rings. The zero-order valence-electron chi connectivity index (χ0n) is 11.2. The predicted octanol–water partition coefficient (Wildman–Crippen LogP) is 2.32. The summed E-state index contributed by atoms with van der Waals surface area (Å²) in [4.78, 5) is 13.6.